The average Bonchev–Trinajstić information content (AvgIpc) is 2.43. The van der Waals surface area contributed by atoms with Crippen LogP contribution in [0.15, 0.2) is 22.7 Å². The summed E-state index contributed by atoms with van der Waals surface area (Å²) in [4.78, 5) is 2.49. The van der Waals surface area contributed by atoms with E-state index in [9.17, 15) is 5.11 Å². The van der Waals surface area contributed by atoms with Crippen LogP contribution in [0.4, 0.5) is 0 Å². The Morgan fingerprint density at radius 3 is 2.80 bits per heavy atom. The number of hydrogen-bond acceptors (Lipinski definition) is 3. The second-order valence-corrected chi connectivity index (χ2v) is 6.51. The van der Waals surface area contributed by atoms with E-state index in [1.165, 1.54) is 6.42 Å². The number of phenolic OH excluding ortho intramolecular Hbond substituents is 1. The molecule has 0 aromatic heterocycles. The lowest BCUT2D eigenvalue weighted by Crippen LogP contribution is -2.49. The molecule has 3 nitrogen and oxygen atoms in total. The molecule has 0 atom stereocenters. The van der Waals surface area contributed by atoms with Gasteiger partial charge in [0.05, 0.1) is 0 Å². The van der Waals surface area contributed by atoms with Gasteiger partial charge in [-0.1, -0.05) is 22.9 Å². The third-order valence-electron chi connectivity index (χ3n) is 4.22. The van der Waals surface area contributed by atoms with Gasteiger partial charge in [-0.2, -0.15) is 0 Å². The molecular formula is C16H20BrNO2. The largest absolute Gasteiger partial charge is 0.508 e. The number of rotatable bonds is 2. The predicted octanol–water partition coefficient (Wildman–Crippen LogP) is 3.77. The van der Waals surface area contributed by atoms with Gasteiger partial charge in [0.1, 0.15) is 17.1 Å². The van der Waals surface area contributed by atoms with Crippen LogP contribution < -0.4 is 4.74 Å². The fraction of sp³-hybridized carbons (Fsp3) is 0.500. The van der Waals surface area contributed by atoms with E-state index in [2.05, 4.69) is 33.8 Å². The van der Waals surface area contributed by atoms with E-state index in [1.807, 2.05) is 6.07 Å². The molecule has 0 saturated carbocycles. The molecule has 1 aromatic rings. The number of aromatic hydroxyl groups is 1. The van der Waals surface area contributed by atoms with Crippen molar-refractivity contribution in [1.82, 2.24) is 4.90 Å². The van der Waals surface area contributed by atoms with Crippen molar-refractivity contribution < 1.29 is 9.84 Å². The summed E-state index contributed by atoms with van der Waals surface area (Å²) in [5.41, 5.74) is 0.779. The fourth-order valence-electron chi connectivity index (χ4n) is 3.05. The van der Waals surface area contributed by atoms with Gasteiger partial charge in [0.25, 0.3) is 0 Å². The third kappa shape index (κ3) is 2.47. The quantitative estimate of drug-likeness (QED) is 0.891. The highest BCUT2D eigenvalue weighted by Gasteiger charge is 2.41. The molecule has 2 aliphatic rings. The summed E-state index contributed by atoms with van der Waals surface area (Å²) in [6, 6.07) is 5.30. The molecule has 1 spiro atoms. The maximum Gasteiger partial charge on any atom is 0.143 e. The van der Waals surface area contributed by atoms with Crippen molar-refractivity contribution in [2.45, 2.75) is 31.8 Å². The molecule has 1 saturated heterocycles. The van der Waals surface area contributed by atoms with Crippen LogP contribution in [0.1, 0.15) is 31.7 Å². The van der Waals surface area contributed by atoms with Crippen molar-refractivity contribution in [1.29, 1.82) is 0 Å². The molecule has 0 amide bonds. The number of benzene rings is 1. The number of halogens is 1. The lowest BCUT2D eigenvalue weighted by Gasteiger charge is -2.43. The van der Waals surface area contributed by atoms with Crippen molar-refractivity contribution in [3.8, 4) is 11.5 Å². The predicted molar refractivity (Wildman–Crippen MR) is 84.3 cm³/mol. The molecule has 1 aromatic carbocycles. The lowest BCUT2D eigenvalue weighted by atomic mass is 9.88. The third-order valence-corrected chi connectivity index (χ3v) is 5.18. The minimum absolute atomic E-state index is 0.245. The van der Waals surface area contributed by atoms with Crippen molar-refractivity contribution >= 4 is 22.0 Å². The first-order chi connectivity index (χ1) is 9.63. The van der Waals surface area contributed by atoms with Crippen LogP contribution in [0, 0.1) is 0 Å². The van der Waals surface area contributed by atoms with E-state index in [4.69, 9.17) is 4.74 Å². The van der Waals surface area contributed by atoms with E-state index in [0.717, 1.165) is 48.3 Å². The molecule has 108 valence electrons. The Morgan fingerprint density at radius 2 is 2.10 bits per heavy atom. The summed E-state index contributed by atoms with van der Waals surface area (Å²) < 4.78 is 7.40. The number of phenols is 1. The van der Waals surface area contributed by atoms with E-state index in [1.54, 1.807) is 12.1 Å². The summed E-state index contributed by atoms with van der Waals surface area (Å²) >= 11 is 3.71. The molecule has 20 heavy (non-hydrogen) atoms. The smallest absolute Gasteiger partial charge is 0.143 e. The molecule has 2 aliphatic heterocycles. The molecule has 3 rings (SSSR count). The first-order valence-electron chi connectivity index (χ1n) is 7.25. The van der Waals surface area contributed by atoms with E-state index >= 15 is 0 Å². The summed E-state index contributed by atoms with van der Waals surface area (Å²) in [5.74, 6) is 1.05. The van der Waals surface area contributed by atoms with Crippen molar-refractivity contribution in [2.24, 2.45) is 0 Å². The molecule has 0 unspecified atom stereocenters. The highest BCUT2D eigenvalue weighted by Crippen LogP contribution is 2.44. The number of piperidine rings is 1. The average molecular weight is 338 g/mol. The number of nitrogens with zero attached hydrogens (tertiary/aromatic N) is 1. The molecule has 1 N–H and O–H groups in total. The molecule has 0 bridgehead atoms. The second kappa shape index (κ2) is 5.41. The van der Waals surface area contributed by atoms with Crippen LogP contribution in [0.5, 0.6) is 11.5 Å². The SMILES string of the molecule is CCCN1CCC2(CC1)Oc1cc(O)ccc1C=C2Br. The Kier molecular flexibility index (Phi) is 3.78. The Morgan fingerprint density at radius 1 is 1.35 bits per heavy atom. The zero-order chi connectivity index (χ0) is 14.2. The number of hydrogen-bond donors (Lipinski definition) is 1. The molecular weight excluding hydrogens is 318 g/mol. The van der Waals surface area contributed by atoms with Crippen LogP contribution in [-0.2, 0) is 0 Å². The molecule has 0 aliphatic carbocycles. The van der Waals surface area contributed by atoms with E-state index < -0.39 is 0 Å². The van der Waals surface area contributed by atoms with Gasteiger partial charge in [-0.25, -0.2) is 0 Å². The van der Waals surface area contributed by atoms with Crippen LogP contribution in [-0.4, -0.2) is 35.2 Å². The lowest BCUT2D eigenvalue weighted by molar-refractivity contribution is 0.0363. The van der Waals surface area contributed by atoms with Crippen LogP contribution in [0.2, 0.25) is 0 Å². The van der Waals surface area contributed by atoms with E-state index in [-0.39, 0.29) is 11.4 Å². The Bertz CT molecular complexity index is 533. The van der Waals surface area contributed by atoms with Gasteiger partial charge >= 0.3 is 0 Å². The Labute approximate surface area is 128 Å². The Hall–Kier alpha value is -1.00. The number of fused-ring (bicyclic) bond motifs is 1. The van der Waals surface area contributed by atoms with Crippen LogP contribution >= 0.6 is 15.9 Å². The molecule has 1 fully saturated rings. The Balaban J connectivity index is 1.83. The normalized spacial score (nSPS) is 21.2. The van der Waals surface area contributed by atoms with Gasteiger partial charge < -0.3 is 14.7 Å². The summed E-state index contributed by atoms with van der Waals surface area (Å²) in [7, 11) is 0. The summed E-state index contributed by atoms with van der Waals surface area (Å²) in [6.45, 7) is 5.50. The van der Waals surface area contributed by atoms with Gasteiger partial charge in [0.15, 0.2) is 0 Å². The fourth-order valence-corrected chi connectivity index (χ4v) is 3.78. The summed E-state index contributed by atoms with van der Waals surface area (Å²) in [5, 5.41) is 9.63. The first-order valence-corrected chi connectivity index (χ1v) is 8.04. The van der Waals surface area contributed by atoms with Gasteiger partial charge in [-0.15, -0.1) is 0 Å². The molecule has 2 heterocycles. The second-order valence-electron chi connectivity index (χ2n) is 5.65. The number of likely N-dealkylation sites (tertiary alicyclic amines) is 1. The summed E-state index contributed by atoms with van der Waals surface area (Å²) in [6.07, 6.45) is 5.30. The van der Waals surface area contributed by atoms with Gasteiger partial charge in [-0.05, 0) is 31.2 Å². The van der Waals surface area contributed by atoms with Crippen molar-refractivity contribution in [2.75, 3.05) is 19.6 Å². The van der Waals surface area contributed by atoms with Crippen LogP contribution in [0.3, 0.4) is 0 Å². The van der Waals surface area contributed by atoms with Crippen molar-refractivity contribution in [3.63, 3.8) is 0 Å². The monoisotopic (exact) mass is 337 g/mol. The van der Waals surface area contributed by atoms with Gasteiger partial charge in [-0.3, -0.25) is 0 Å². The number of ether oxygens (including phenoxy) is 1. The first kappa shape index (κ1) is 14.0. The topological polar surface area (TPSA) is 32.7 Å². The van der Waals surface area contributed by atoms with Gasteiger partial charge in [0.2, 0.25) is 0 Å². The van der Waals surface area contributed by atoms with Gasteiger partial charge in [0, 0.05) is 42.0 Å². The zero-order valence-corrected chi connectivity index (χ0v) is 13.3. The molecule has 4 heteroatoms. The maximum atomic E-state index is 9.63. The highest BCUT2D eigenvalue weighted by atomic mass is 79.9. The standard InChI is InChI=1S/C16H20BrNO2/c1-2-7-18-8-5-16(6-9-18)15(17)10-12-3-4-13(19)11-14(12)20-16/h3-4,10-11,19H,2,5-9H2,1H3. The van der Waals surface area contributed by atoms with Crippen molar-refractivity contribution in [3.05, 3.63) is 28.2 Å². The molecule has 0 radical (unpaired) electrons. The van der Waals surface area contributed by atoms with E-state index in [0.29, 0.717) is 0 Å². The minimum Gasteiger partial charge on any atom is -0.508 e. The zero-order valence-electron chi connectivity index (χ0n) is 11.7. The maximum absolute atomic E-state index is 9.63. The minimum atomic E-state index is -0.245. The highest BCUT2D eigenvalue weighted by molar-refractivity contribution is 9.11. The van der Waals surface area contributed by atoms with Crippen LogP contribution in [0.25, 0.3) is 6.08 Å².